The number of piperidine rings is 1. The molecule has 0 aromatic heterocycles. The van der Waals surface area contributed by atoms with Crippen LogP contribution in [-0.2, 0) is 14.8 Å². The summed E-state index contributed by atoms with van der Waals surface area (Å²) in [6, 6.07) is 26.0. The largest absolute Gasteiger partial charge is 0.498 e. The lowest BCUT2D eigenvalue weighted by Crippen LogP contribution is -2.52. The lowest BCUT2D eigenvalue weighted by Gasteiger charge is -2.49. The molecule has 3 aromatic carbocycles. The van der Waals surface area contributed by atoms with E-state index in [9.17, 15) is 8.42 Å². The molecule has 0 radical (unpaired) electrons. The number of hydrogen-bond donors (Lipinski definition) is 0. The maximum absolute atomic E-state index is 14.4. The highest BCUT2D eigenvalue weighted by molar-refractivity contribution is 14.2. The molecule has 2 heterocycles. The summed E-state index contributed by atoms with van der Waals surface area (Å²) in [7, 11) is -2.20. The van der Waals surface area contributed by atoms with Gasteiger partial charge in [-0.15, -0.1) is 0 Å². The van der Waals surface area contributed by atoms with E-state index in [0.717, 1.165) is 16.9 Å². The van der Waals surface area contributed by atoms with E-state index < -0.39 is 10.0 Å². The second-order valence-electron chi connectivity index (χ2n) is 9.12. The van der Waals surface area contributed by atoms with Crippen molar-refractivity contribution in [1.29, 1.82) is 0 Å². The number of halogens is 2. The van der Waals surface area contributed by atoms with E-state index in [1.54, 1.807) is 37.7 Å². The molecule has 1 saturated heterocycles. The van der Waals surface area contributed by atoms with Gasteiger partial charge < -0.3 is 4.74 Å². The van der Waals surface area contributed by atoms with Crippen LogP contribution in [0, 0.1) is 0 Å². The Bertz CT molecular complexity index is 1360. The number of ether oxygens (including phenoxy) is 1. The van der Waals surface area contributed by atoms with Gasteiger partial charge in [0.25, 0.3) is 0 Å². The molecule has 0 saturated carbocycles. The van der Waals surface area contributed by atoms with Gasteiger partial charge in [0.15, 0.2) is 0 Å². The van der Waals surface area contributed by atoms with Crippen LogP contribution in [0.4, 0.5) is 0 Å². The molecule has 0 spiro atoms. The first kappa shape index (κ1) is 27.0. The molecule has 9 heteroatoms. The highest BCUT2D eigenvalue weighted by Gasteiger charge is 2.49. The van der Waals surface area contributed by atoms with Crippen molar-refractivity contribution in [3.05, 3.63) is 112 Å². The van der Waals surface area contributed by atoms with Gasteiger partial charge in [0, 0.05) is 50.8 Å². The Hall–Kier alpha value is -1.56. The summed E-state index contributed by atoms with van der Waals surface area (Å²) >= 11 is 8.44. The fourth-order valence-electron chi connectivity index (χ4n) is 5.38. The van der Waals surface area contributed by atoms with Gasteiger partial charge in [-0.05, 0) is 57.9 Å². The Morgan fingerprint density at radius 1 is 0.919 bits per heavy atom. The third-order valence-electron chi connectivity index (χ3n) is 7.04. The summed E-state index contributed by atoms with van der Waals surface area (Å²) < 4.78 is 39.1. The van der Waals surface area contributed by atoms with Crippen LogP contribution >= 0.6 is 41.9 Å². The fourth-order valence-corrected chi connectivity index (χ4v) is 9.04. The molecule has 1 fully saturated rings. The minimum Gasteiger partial charge on any atom is -0.498 e. The number of benzene rings is 3. The molecule has 2 aliphatic heterocycles. The first-order chi connectivity index (χ1) is 17.9. The number of sulfonamides is 1. The van der Waals surface area contributed by atoms with Crippen molar-refractivity contribution in [2.45, 2.75) is 42.8 Å². The van der Waals surface area contributed by atoms with E-state index in [4.69, 9.17) is 16.3 Å². The molecule has 0 aliphatic carbocycles. The molecular weight excluding hydrogens is 639 g/mol. The zero-order valence-corrected chi connectivity index (χ0v) is 24.9. The molecule has 0 amide bonds. The molecule has 5 rings (SSSR count). The summed E-state index contributed by atoms with van der Waals surface area (Å²) in [6.45, 7) is 3.15. The molecule has 3 atom stereocenters. The van der Waals surface area contributed by atoms with Crippen LogP contribution in [-0.4, -0.2) is 36.2 Å². The first-order valence-electron chi connectivity index (χ1n) is 12.2. The zero-order chi connectivity index (χ0) is 26.0. The quantitative estimate of drug-likeness (QED) is 0.192. The second kappa shape index (κ2) is 11.7. The van der Waals surface area contributed by atoms with Gasteiger partial charge in [0.2, 0.25) is 10.0 Å². The van der Waals surface area contributed by atoms with Crippen LogP contribution in [0.1, 0.15) is 43.0 Å². The lowest BCUT2D eigenvalue weighted by molar-refractivity contribution is 0.121. The Labute approximate surface area is 240 Å². The summed E-state index contributed by atoms with van der Waals surface area (Å²) in [5, 5.41) is 0.507. The number of hydrogen-bond acceptors (Lipinski definition) is 5. The number of fused-ring (bicyclic) bond motifs is 1. The van der Waals surface area contributed by atoms with Crippen molar-refractivity contribution in [2.75, 3.05) is 13.2 Å². The molecule has 2 aliphatic rings. The maximum atomic E-state index is 14.4. The van der Waals surface area contributed by atoms with Crippen molar-refractivity contribution >= 4 is 51.9 Å². The molecule has 194 valence electrons. The molecule has 0 bridgehead atoms. The van der Waals surface area contributed by atoms with Crippen LogP contribution in [0.5, 0.6) is 0 Å². The topological polar surface area (TPSA) is 49.9 Å². The predicted molar refractivity (Wildman–Crippen MR) is 159 cm³/mol. The van der Waals surface area contributed by atoms with E-state index in [2.05, 4.69) is 37.6 Å². The average molecular weight is 667 g/mol. The maximum Gasteiger partial charge on any atom is 0.244 e. The lowest BCUT2D eigenvalue weighted by atomic mass is 9.84. The molecule has 5 nitrogen and oxygen atoms in total. The van der Waals surface area contributed by atoms with Crippen LogP contribution in [0.25, 0.3) is 0 Å². The minimum atomic E-state index is -3.86. The average Bonchev–Trinajstić information content (AvgIpc) is 2.93. The van der Waals surface area contributed by atoms with Gasteiger partial charge in [-0.3, -0.25) is 0 Å². The highest BCUT2D eigenvalue weighted by atomic mass is 127. The Morgan fingerprint density at radius 3 is 2.08 bits per heavy atom. The monoisotopic (exact) mass is 666 g/mol. The summed E-state index contributed by atoms with van der Waals surface area (Å²) in [5.74, 6) is 0.908. The van der Waals surface area contributed by atoms with E-state index >= 15 is 0 Å². The van der Waals surface area contributed by atoms with Gasteiger partial charge in [-0.1, -0.05) is 72.3 Å². The van der Waals surface area contributed by atoms with Crippen molar-refractivity contribution < 1.29 is 13.2 Å². The van der Waals surface area contributed by atoms with Gasteiger partial charge in [-0.2, -0.15) is 4.31 Å². The molecule has 0 N–H and O–H groups in total. The van der Waals surface area contributed by atoms with Crippen molar-refractivity contribution in [3.8, 4) is 0 Å². The number of rotatable bonds is 7. The second-order valence-corrected chi connectivity index (χ2v) is 13.2. The molecule has 3 aromatic rings. The molecule has 1 unspecified atom stereocenters. The standard InChI is InChI=1S/C28H28ClIN2O3S2/c1-2-35-28-18-26(21-11-7-4-8-12-21)32(37(33,34)23-15-13-22(29)14-16-23)27-17-25(20-9-5-3-6-10-20)31(36-30)19-24(27)28/h3-16,25-27H,2,17-19H2,1H3/t25-,26-,27?/m0/s1. The third-order valence-corrected chi connectivity index (χ3v) is 11.3. The van der Waals surface area contributed by atoms with Gasteiger partial charge >= 0.3 is 0 Å². The predicted octanol–water partition coefficient (Wildman–Crippen LogP) is 7.58. The number of nitrogens with zero attached hydrogens (tertiary/aromatic N) is 2. The van der Waals surface area contributed by atoms with Gasteiger partial charge in [0.05, 0.1) is 29.3 Å². The van der Waals surface area contributed by atoms with Crippen LogP contribution < -0.4 is 0 Å². The van der Waals surface area contributed by atoms with E-state index in [1.807, 2.05) is 55.5 Å². The zero-order valence-electron chi connectivity index (χ0n) is 20.3. The Balaban J connectivity index is 1.68. The van der Waals surface area contributed by atoms with E-state index in [0.29, 0.717) is 31.0 Å². The van der Waals surface area contributed by atoms with Crippen molar-refractivity contribution in [2.24, 2.45) is 0 Å². The summed E-state index contributed by atoms with van der Waals surface area (Å²) in [5.41, 5.74) is 3.18. The van der Waals surface area contributed by atoms with Crippen molar-refractivity contribution in [3.63, 3.8) is 0 Å². The van der Waals surface area contributed by atoms with Gasteiger partial charge in [0.1, 0.15) is 0 Å². The molecular formula is C28H28ClIN2O3S2. The van der Waals surface area contributed by atoms with Crippen LogP contribution in [0.15, 0.2) is 101 Å². The highest BCUT2D eigenvalue weighted by Crippen LogP contribution is 2.50. The minimum absolute atomic E-state index is 0.0529. The smallest absolute Gasteiger partial charge is 0.244 e. The first-order valence-corrected chi connectivity index (χ1v) is 17.4. The van der Waals surface area contributed by atoms with E-state index in [1.165, 1.54) is 5.56 Å². The normalized spacial score (nSPS) is 23.1. The Morgan fingerprint density at radius 2 is 1.51 bits per heavy atom. The SMILES string of the molecule is CCOC1=C2CN(SI)[C@H](c3ccccc3)CC2N(S(=O)(=O)c2ccc(Cl)cc2)[C@H](c2ccccc2)C1. The Kier molecular flexibility index (Phi) is 8.53. The fraction of sp³-hybridized carbons (Fsp3) is 0.286. The van der Waals surface area contributed by atoms with Crippen LogP contribution in [0.2, 0.25) is 5.02 Å². The van der Waals surface area contributed by atoms with Crippen LogP contribution in [0.3, 0.4) is 0 Å². The van der Waals surface area contributed by atoms with Gasteiger partial charge in [-0.25, -0.2) is 12.7 Å². The molecule has 37 heavy (non-hydrogen) atoms. The van der Waals surface area contributed by atoms with Crippen molar-refractivity contribution in [1.82, 2.24) is 8.61 Å². The third kappa shape index (κ3) is 5.46. The summed E-state index contributed by atoms with van der Waals surface area (Å²) in [6.07, 6.45) is 1.12. The summed E-state index contributed by atoms with van der Waals surface area (Å²) in [4.78, 5) is 0.249. The van der Waals surface area contributed by atoms with E-state index in [-0.39, 0.29) is 23.0 Å².